The molecule has 11 heavy (non-hydrogen) atoms. The number of rotatable bonds is 1. The van der Waals surface area contributed by atoms with Crippen LogP contribution in [0, 0.1) is 0 Å². The van der Waals surface area contributed by atoms with Gasteiger partial charge in [-0.2, -0.15) is 0 Å². The third-order valence-corrected chi connectivity index (χ3v) is 1.49. The molecule has 5 nitrogen and oxygen atoms in total. The zero-order valence-corrected chi connectivity index (χ0v) is 5.69. The maximum Gasteiger partial charge on any atom is 0.340 e. The van der Waals surface area contributed by atoms with E-state index in [1.165, 1.54) is 0 Å². The van der Waals surface area contributed by atoms with E-state index >= 15 is 0 Å². The van der Waals surface area contributed by atoms with Gasteiger partial charge in [-0.25, -0.2) is 4.79 Å². The first kappa shape index (κ1) is 8.16. The molecule has 2 atom stereocenters. The van der Waals surface area contributed by atoms with Crippen molar-refractivity contribution >= 4 is 11.8 Å². The number of carboxylic acids is 1. The molecule has 62 valence electrons. The minimum Gasteiger partial charge on any atom is -0.479 e. The van der Waals surface area contributed by atoms with Crippen molar-refractivity contribution in [1.82, 2.24) is 0 Å². The Balaban J connectivity index is 2.66. The second-order valence-corrected chi connectivity index (χ2v) is 2.30. The highest BCUT2D eigenvalue weighted by Gasteiger charge is 2.35. The molecule has 1 aliphatic rings. The van der Waals surface area contributed by atoms with Gasteiger partial charge >= 0.3 is 5.97 Å². The quantitative estimate of drug-likeness (QED) is 0.470. The van der Waals surface area contributed by atoms with Gasteiger partial charge in [0.25, 0.3) is 0 Å². The van der Waals surface area contributed by atoms with Crippen molar-refractivity contribution < 1.29 is 24.5 Å². The Hall–Kier alpha value is -0.940. The number of ether oxygens (including phenoxy) is 1. The van der Waals surface area contributed by atoms with Crippen molar-refractivity contribution in [2.45, 2.75) is 18.6 Å². The average Bonchev–Trinajstić information content (AvgIpc) is 1.94. The SMILES string of the molecule is O=C(O)[C@@H]1OCC[C@H](O)C1=O. The van der Waals surface area contributed by atoms with Crippen molar-refractivity contribution in [3.05, 3.63) is 0 Å². The molecule has 0 unspecified atom stereocenters. The van der Waals surface area contributed by atoms with Gasteiger partial charge in [0.1, 0.15) is 6.10 Å². The van der Waals surface area contributed by atoms with Crippen molar-refractivity contribution in [2.75, 3.05) is 6.61 Å². The second-order valence-electron chi connectivity index (χ2n) is 2.30. The van der Waals surface area contributed by atoms with E-state index in [9.17, 15) is 9.59 Å². The lowest BCUT2D eigenvalue weighted by atomic mass is 10.1. The Kier molecular flexibility index (Phi) is 2.21. The van der Waals surface area contributed by atoms with Gasteiger partial charge in [0.15, 0.2) is 0 Å². The van der Waals surface area contributed by atoms with Crippen molar-refractivity contribution in [2.24, 2.45) is 0 Å². The number of carbonyl (C=O) groups is 2. The Bertz CT molecular complexity index is 187. The summed E-state index contributed by atoms with van der Waals surface area (Å²) in [4.78, 5) is 21.1. The number of hydrogen-bond acceptors (Lipinski definition) is 4. The van der Waals surface area contributed by atoms with Crippen molar-refractivity contribution in [1.29, 1.82) is 0 Å². The summed E-state index contributed by atoms with van der Waals surface area (Å²) in [6.07, 6.45) is -2.47. The largest absolute Gasteiger partial charge is 0.479 e. The van der Waals surface area contributed by atoms with Gasteiger partial charge in [-0.1, -0.05) is 0 Å². The summed E-state index contributed by atoms with van der Waals surface area (Å²) in [5.41, 5.74) is 0. The molecule has 0 aliphatic carbocycles. The van der Waals surface area contributed by atoms with E-state index in [4.69, 9.17) is 10.2 Å². The van der Waals surface area contributed by atoms with Crippen LogP contribution in [0.25, 0.3) is 0 Å². The van der Waals surface area contributed by atoms with Gasteiger partial charge in [0, 0.05) is 6.42 Å². The van der Waals surface area contributed by atoms with Crippen LogP contribution in [-0.4, -0.2) is 40.8 Å². The normalized spacial score (nSPS) is 31.9. The summed E-state index contributed by atoms with van der Waals surface area (Å²) in [6, 6.07) is 0. The third-order valence-electron chi connectivity index (χ3n) is 1.49. The molecule has 0 spiro atoms. The van der Waals surface area contributed by atoms with Gasteiger partial charge in [0.05, 0.1) is 6.61 Å². The molecule has 0 radical (unpaired) electrons. The van der Waals surface area contributed by atoms with Crippen LogP contribution in [0.2, 0.25) is 0 Å². The molecular weight excluding hydrogens is 152 g/mol. The van der Waals surface area contributed by atoms with Gasteiger partial charge < -0.3 is 14.9 Å². The number of aliphatic carboxylic acids is 1. The van der Waals surface area contributed by atoms with Gasteiger partial charge in [0.2, 0.25) is 11.9 Å². The van der Waals surface area contributed by atoms with Crippen LogP contribution in [0.3, 0.4) is 0 Å². The fraction of sp³-hybridized carbons (Fsp3) is 0.667. The topological polar surface area (TPSA) is 83.8 Å². The highest BCUT2D eigenvalue weighted by molar-refractivity contribution is 6.03. The maximum absolute atomic E-state index is 10.8. The lowest BCUT2D eigenvalue weighted by molar-refractivity contribution is -0.166. The maximum atomic E-state index is 10.8. The number of carbonyl (C=O) groups excluding carboxylic acids is 1. The predicted octanol–water partition coefficient (Wildman–Crippen LogP) is -1.21. The highest BCUT2D eigenvalue weighted by Crippen LogP contribution is 2.09. The minimum absolute atomic E-state index is 0.115. The molecule has 1 heterocycles. The van der Waals surface area contributed by atoms with E-state index in [-0.39, 0.29) is 13.0 Å². The third kappa shape index (κ3) is 1.55. The fourth-order valence-electron chi connectivity index (χ4n) is 0.890. The predicted molar refractivity (Wildman–Crippen MR) is 33.0 cm³/mol. The molecule has 0 aromatic rings. The van der Waals surface area contributed by atoms with Crippen LogP contribution < -0.4 is 0 Å². The van der Waals surface area contributed by atoms with Crippen molar-refractivity contribution in [3.63, 3.8) is 0 Å². The number of hydrogen-bond donors (Lipinski definition) is 2. The zero-order chi connectivity index (χ0) is 8.43. The van der Waals surface area contributed by atoms with Gasteiger partial charge in [-0.15, -0.1) is 0 Å². The first-order valence-electron chi connectivity index (χ1n) is 3.19. The second kappa shape index (κ2) is 2.98. The summed E-state index contributed by atoms with van der Waals surface area (Å²) in [6.45, 7) is 0.115. The summed E-state index contributed by atoms with van der Waals surface area (Å²) in [5, 5.41) is 17.3. The van der Waals surface area contributed by atoms with Crippen molar-refractivity contribution in [3.8, 4) is 0 Å². The summed E-state index contributed by atoms with van der Waals surface area (Å²) in [7, 11) is 0. The Morgan fingerprint density at radius 2 is 2.27 bits per heavy atom. The highest BCUT2D eigenvalue weighted by atomic mass is 16.5. The number of ketones is 1. The molecule has 0 aromatic heterocycles. The first-order valence-corrected chi connectivity index (χ1v) is 3.19. The average molecular weight is 160 g/mol. The molecular formula is C6H8O5. The minimum atomic E-state index is -1.47. The van der Waals surface area contributed by atoms with Crippen LogP contribution in [0.15, 0.2) is 0 Å². The molecule has 1 aliphatic heterocycles. The van der Waals surface area contributed by atoms with E-state index in [1.54, 1.807) is 0 Å². The molecule has 1 rings (SSSR count). The summed E-state index contributed by atoms with van der Waals surface area (Å²) < 4.78 is 4.61. The van der Waals surface area contributed by atoms with E-state index < -0.39 is 24.0 Å². The molecule has 0 bridgehead atoms. The fourth-order valence-corrected chi connectivity index (χ4v) is 0.890. The molecule has 5 heteroatoms. The Morgan fingerprint density at radius 3 is 2.73 bits per heavy atom. The Morgan fingerprint density at radius 1 is 1.64 bits per heavy atom. The smallest absolute Gasteiger partial charge is 0.340 e. The zero-order valence-electron chi connectivity index (χ0n) is 5.69. The van der Waals surface area contributed by atoms with Crippen LogP contribution >= 0.6 is 0 Å². The summed E-state index contributed by atoms with van der Waals surface area (Å²) >= 11 is 0. The standard InChI is InChI=1S/C6H8O5/c7-3-1-2-11-5(4(3)8)6(9)10/h3,5,7H,1-2H2,(H,9,10)/t3-,5+/m0/s1. The van der Waals surface area contributed by atoms with Crippen LogP contribution in [0.4, 0.5) is 0 Å². The van der Waals surface area contributed by atoms with Crippen LogP contribution in [0.5, 0.6) is 0 Å². The molecule has 1 saturated heterocycles. The van der Waals surface area contributed by atoms with E-state index in [2.05, 4.69) is 4.74 Å². The molecule has 0 aromatic carbocycles. The lowest BCUT2D eigenvalue weighted by Crippen LogP contribution is -2.44. The molecule has 0 amide bonds. The van der Waals surface area contributed by atoms with E-state index in [0.717, 1.165) is 0 Å². The Labute approximate surface area is 62.6 Å². The van der Waals surface area contributed by atoms with E-state index in [1.807, 2.05) is 0 Å². The van der Waals surface area contributed by atoms with E-state index in [0.29, 0.717) is 0 Å². The van der Waals surface area contributed by atoms with Gasteiger partial charge in [-0.3, -0.25) is 4.79 Å². The van der Waals surface area contributed by atoms with Crippen LogP contribution in [-0.2, 0) is 14.3 Å². The van der Waals surface area contributed by atoms with Gasteiger partial charge in [-0.05, 0) is 0 Å². The summed E-state index contributed by atoms with van der Waals surface area (Å²) in [5.74, 6) is -2.10. The number of Topliss-reactive ketones (excluding diaryl/α,β-unsaturated/α-hetero) is 1. The van der Waals surface area contributed by atoms with Crippen LogP contribution in [0.1, 0.15) is 6.42 Å². The number of aliphatic hydroxyl groups is 1. The monoisotopic (exact) mass is 160 g/mol. The first-order chi connectivity index (χ1) is 5.13. The number of aliphatic hydroxyl groups excluding tert-OH is 1. The molecule has 0 saturated carbocycles. The molecule has 1 fully saturated rings. The number of carboxylic acid groups (broad SMARTS) is 1. The lowest BCUT2D eigenvalue weighted by Gasteiger charge is -2.21. The molecule has 2 N–H and O–H groups in total.